The van der Waals surface area contributed by atoms with E-state index in [1.165, 1.54) is 22.7 Å². The van der Waals surface area contributed by atoms with Gasteiger partial charge in [-0.3, -0.25) is 4.79 Å². The van der Waals surface area contributed by atoms with E-state index in [9.17, 15) is 4.79 Å². The predicted molar refractivity (Wildman–Crippen MR) is 83.9 cm³/mol. The van der Waals surface area contributed by atoms with Crippen molar-refractivity contribution < 1.29 is 13.6 Å². The molecule has 3 heterocycles. The van der Waals surface area contributed by atoms with Gasteiger partial charge < -0.3 is 20.0 Å². The van der Waals surface area contributed by atoms with Crippen LogP contribution in [0.3, 0.4) is 0 Å². The topological polar surface area (TPSA) is 112 Å². The highest BCUT2D eigenvalue weighted by atomic mass is 32.2. The van der Waals surface area contributed by atoms with E-state index < -0.39 is 0 Å². The number of nitrogens with zero attached hydrogens (tertiary/aromatic N) is 3. The molecule has 0 aliphatic carbocycles. The number of thioether (sulfide) groups is 1. The molecule has 3 rings (SSSR count). The number of nitrogens with two attached hydrogens (primary N) is 1. The molecule has 3 aromatic heterocycles. The van der Waals surface area contributed by atoms with Crippen molar-refractivity contribution in [2.45, 2.75) is 18.1 Å². The predicted octanol–water partition coefficient (Wildman–Crippen LogP) is 1.81. The summed E-state index contributed by atoms with van der Waals surface area (Å²) in [6.07, 6.45) is 3.10. The summed E-state index contributed by atoms with van der Waals surface area (Å²) in [7, 11) is 0. The molecular weight excluding hydrogens is 318 g/mol. The normalized spacial score (nSPS) is 12.2. The van der Waals surface area contributed by atoms with Gasteiger partial charge in [-0.05, 0) is 31.2 Å². The van der Waals surface area contributed by atoms with Gasteiger partial charge in [0, 0.05) is 0 Å². The maximum atomic E-state index is 12.0. The molecule has 3 N–H and O–H groups in total. The second kappa shape index (κ2) is 6.61. The number of amides is 1. The van der Waals surface area contributed by atoms with Crippen molar-refractivity contribution in [3.05, 3.63) is 42.6 Å². The quantitative estimate of drug-likeness (QED) is 0.522. The average Bonchev–Trinajstić information content (AvgIpc) is 3.27. The molecule has 0 aliphatic rings. The number of aromatic nitrogens is 3. The van der Waals surface area contributed by atoms with E-state index in [1.807, 2.05) is 13.0 Å². The number of hydrogen-bond donors (Lipinski definition) is 2. The fourth-order valence-electron chi connectivity index (χ4n) is 1.97. The van der Waals surface area contributed by atoms with Gasteiger partial charge >= 0.3 is 0 Å². The summed E-state index contributed by atoms with van der Waals surface area (Å²) in [6, 6.07) is 6.86. The molecule has 0 aromatic carbocycles. The molecule has 0 saturated heterocycles. The molecule has 0 saturated carbocycles. The Morgan fingerprint density at radius 2 is 2.13 bits per heavy atom. The minimum atomic E-state index is -0.201. The van der Waals surface area contributed by atoms with Gasteiger partial charge in [0.05, 0.1) is 24.3 Å². The maximum Gasteiger partial charge on any atom is 0.231 e. The van der Waals surface area contributed by atoms with Crippen molar-refractivity contribution in [3.8, 4) is 11.6 Å². The molecule has 0 spiro atoms. The van der Waals surface area contributed by atoms with Gasteiger partial charge in [-0.1, -0.05) is 11.8 Å². The van der Waals surface area contributed by atoms with Gasteiger partial charge in [-0.25, -0.2) is 4.68 Å². The van der Waals surface area contributed by atoms with E-state index in [4.69, 9.17) is 14.7 Å². The lowest BCUT2D eigenvalue weighted by Crippen LogP contribution is -2.28. The standard InChI is InChI=1S/C14H15N5O3S/c1-9(10-4-2-6-21-10)16-12(20)8-23-14-18-17-13(19(14)15)11-5-3-7-22-11/h2-7,9H,8,15H2,1H3,(H,16,20)/t9-/m1/s1. The highest BCUT2D eigenvalue weighted by molar-refractivity contribution is 7.99. The fraction of sp³-hybridized carbons (Fsp3) is 0.214. The lowest BCUT2D eigenvalue weighted by Gasteiger charge is -2.10. The zero-order chi connectivity index (χ0) is 16.2. The molecule has 0 unspecified atom stereocenters. The molecule has 1 amide bonds. The lowest BCUT2D eigenvalue weighted by molar-refractivity contribution is -0.119. The largest absolute Gasteiger partial charge is 0.467 e. The number of nitrogen functional groups attached to an aromatic ring is 1. The van der Waals surface area contributed by atoms with Crippen molar-refractivity contribution in [2.24, 2.45) is 0 Å². The second-order valence-corrected chi connectivity index (χ2v) is 5.69. The first kappa shape index (κ1) is 15.2. The Balaban J connectivity index is 1.57. The van der Waals surface area contributed by atoms with E-state index in [0.717, 1.165) is 0 Å². The van der Waals surface area contributed by atoms with Crippen LogP contribution in [0.15, 0.2) is 50.8 Å². The Morgan fingerprint density at radius 3 is 2.83 bits per heavy atom. The minimum absolute atomic E-state index is 0.151. The second-order valence-electron chi connectivity index (χ2n) is 4.75. The van der Waals surface area contributed by atoms with Gasteiger partial charge in [0.25, 0.3) is 0 Å². The van der Waals surface area contributed by atoms with Gasteiger partial charge in [0.2, 0.25) is 16.9 Å². The van der Waals surface area contributed by atoms with Gasteiger partial charge in [0.1, 0.15) is 5.76 Å². The summed E-state index contributed by atoms with van der Waals surface area (Å²) in [4.78, 5) is 12.0. The molecule has 0 bridgehead atoms. The number of nitrogens with one attached hydrogen (secondary N) is 1. The SMILES string of the molecule is C[C@@H](NC(=O)CSc1nnc(-c2ccco2)n1N)c1ccco1. The van der Waals surface area contributed by atoms with E-state index in [0.29, 0.717) is 22.5 Å². The Morgan fingerprint density at radius 1 is 1.35 bits per heavy atom. The number of rotatable bonds is 6. The molecule has 0 fully saturated rings. The lowest BCUT2D eigenvalue weighted by atomic mass is 10.2. The minimum Gasteiger partial charge on any atom is -0.467 e. The first-order valence-electron chi connectivity index (χ1n) is 6.85. The molecule has 3 aromatic rings. The van der Waals surface area contributed by atoms with Crippen LogP contribution < -0.4 is 11.2 Å². The van der Waals surface area contributed by atoms with Crippen molar-refractivity contribution >= 4 is 17.7 Å². The van der Waals surface area contributed by atoms with Crippen LogP contribution in [0, 0.1) is 0 Å². The number of carbonyl (C=O) groups excluding carboxylic acids is 1. The highest BCUT2D eigenvalue weighted by Gasteiger charge is 2.17. The first-order valence-corrected chi connectivity index (χ1v) is 7.83. The van der Waals surface area contributed by atoms with Gasteiger partial charge in [-0.2, -0.15) is 0 Å². The van der Waals surface area contributed by atoms with E-state index >= 15 is 0 Å². The third-order valence-electron chi connectivity index (χ3n) is 3.09. The third kappa shape index (κ3) is 3.39. The highest BCUT2D eigenvalue weighted by Crippen LogP contribution is 2.22. The molecule has 1 atom stereocenters. The molecular formula is C14H15N5O3S. The van der Waals surface area contributed by atoms with Crippen LogP contribution in [-0.2, 0) is 4.79 Å². The summed E-state index contributed by atoms with van der Waals surface area (Å²) in [5.41, 5.74) is 0. The molecule has 23 heavy (non-hydrogen) atoms. The van der Waals surface area contributed by atoms with E-state index in [2.05, 4.69) is 15.5 Å². The van der Waals surface area contributed by atoms with Crippen LogP contribution in [0.2, 0.25) is 0 Å². The van der Waals surface area contributed by atoms with E-state index in [1.54, 1.807) is 24.5 Å². The molecule has 120 valence electrons. The zero-order valence-electron chi connectivity index (χ0n) is 12.3. The van der Waals surface area contributed by atoms with Crippen LogP contribution in [0.5, 0.6) is 0 Å². The van der Waals surface area contributed by atoms with Crippen LogP contribution in [0.25, 0.3) is 11.6 Å². The molecule has 8 nitrogen and oxygen atoms in total. The van der Waals surface area contributed by atoms with Crippen LogP contribution in [0.4, 0.5) is 0 Å². The van der Waals surface area contributed by atoms with Gasteiger partial charge in [0.15, 0.2) is 5.76 Å². The summed E-state index contributed by atoms with van der Waals surface area (Å²) >= 11 is 1.19. The van der Waals surface area contributed by atoms with E-state index in [-0.39, 0.29) is 17.7 Å². The first-order chi connectivity index (χ1) is 11.1. The van der Waals surface area contributed by atoms with Gasteiger partial charge in [-0.15, -0.1) is 10.2 Å². The van der Waals surface area contributed by atoms with Crippen molar-refractivity contribution in [1.82, 2.24) is 20.2 Å². The monoisotopic (exact) mass is 333 g/mol. The number of hydrogen-bond acceptors (Lipinski definition) is 7. The smallest absolute Gasteiger partial charge is 0.231 e. The summed E-state index contributed by atoms with van der Waals surface area (Å²) in [6.45, 7) is 1.85. The Kier molecular flexibility index (Phi) is 4.38. The van der Waals surface area contributed by atoms with Crippen molar-refractivity contribution in [1.29, 1.82) is 0 Å². The Labute approximate surface area is 136 Å². The molecule has 0 radical (unpaired) electrons. The Hall–Kier alpha value is -2.68. The molecule has 0 aliphatic heterocycles. The summed E-state index contributed by atoms with van der Waals surface area (Å²) in [5.74, 6) is 7.56. The van der Waals surface area contributed by atoms with Crippen molar-refractivity contribution in [3.63, 3.8) is 0 Å². The maximum absolute atomic E-state index is 12.0. The van der Waals surface area contributed by atoms with Crippen LogP contribution in [0.1, 0.15) is 18.7 Å². The number of carbonyl (C=O) groups is 1. The Bertz CT molecular complexity index is 767. The zero-order valence-corrected chi connectivity index (χ0v) is 13.1. The summed E-state index contributed by atoms with van der Waals surface area (Å²) in [5, 5.41) is 11.2. The fourth-order valence-corrected chi connectivity index (χ4v) is 2.64. The van der Waals surface area contributed by atoms with Crippen molar-refractivity contribution in [2.75, 3.05) is 11.6 Å². The summed E-state index contributed by atoms with van der Waals surface area (Å²) < 4.78 is 11.8. The van der Waals surface area contributed by atoms with Crippen LogP contribution in [-0.4, -0.2) is 26.5 Å². The average molecular weight is 333 g/mol. The molecule has 9 heteroatoms. The van der Waals surface area contributed by atoms with Crippen LogP contribution >= 0.6 is 11.8 Å². The number of furan rings is 2. The third-order valence-corrected chi connectivity index (χ3v) is 4.03.